The van der Waals surface area contributed by atoms with Crippen LogP contribution in [0.4, 0.5) is 10.2 Å². The van der Waals surface area contributed by atoms with Crippen LogP contribution < -0.4 is 15.3 Å². The van der Waals surface area contributed by atoms with Crippen molar-refractivity contribution < 1.29 is 32.6 Å². The number of nitrogens with zero attached hydrogens (tertiary/aromatic N) is 4. The number of nitrogens with one attached hydrogen (secondary N) is 1. The number of aromatic nitrogens is 4. The molecule has 1 aliphatic carbocycles. The van der Waals surface area contributed by atoms with Crippen molar-refractivity contribution in [2.45, 2.75) is 167 Å². The van der Waals surface area contributed by atoms with Crippen LogP contribution >= 0.6 is 7.75 Å². The monoisotopic (exact) mass is 850 g/mol. The number of anilines is 1. The van der Waals surface area contributed by atoms with Crippen molar-refractivity contribution in [3.8, 4) is 5.75 Å². The van der Waals surface area contributed by atoms with Gasteiger partial charge in [0, 0.05) is 11.5 Å². The number of hydrogen-bond donors (Lipinski definition) is 3. The summed E-state index contributed by atoms with van der Waals surface area (Å²) in [6.07, 6.45) is 18.1. The van der Waals surface area contributed by atoms with Crippen LogP contribution in [0, 0.1) is 11.5 Å². The van der Waals surface area contributed by atoms with E-state index >= 15 is 4.57 Å². The maximum Gasteiger partial charge on any atom is 0.459 e. The zero-order chi connectivity index (χ0) is 42.8. The second-order valence-electron chi connectivity index (χ2n) is 16.9. The Morgan fingerprint density at radius 2 is 1.50 bits per heavy atom. The molecule has 12 nitrogen and oxygen atoms in total. The predicted octanol–water partition coefficient (Wildman–Crippen LogP) is 10.8. The zero-order valence-corrected chi connectivity index (χ0v) is 36.9. The Hall–Kier alpha value is -3.90. The third-order valence-electron chi connectivity index (χ3n) is 11.8. The van der Waals surface area contributed by atoms with Crippen LogP contribution in [0.1, 0.15) is 148 Å². The summed E-state index contributed by atoms with van der Waals surface area (Å²) in [5.74, 6) is -0.297. The molecule has 5 rings (SSSR count). The van der Waals surface area contributed by atoms with E-state index in [2.05, 4.69) is 33.9 Å². The van der Waals surface area contributed by atoms with Crippen LogP contribution in [0.2, 0.25) is 0 Å². The van der Waals surface area contributed by atoms with Gasteiger partial charge in [-0.2, -0.15) is 19.4 Å². The van der Waals surface area contributed by atoms with Crippen molar-refractivity contribution in [1.82, 2.24) is 24.6 Å². The minimum absolute atomic E-state index is 0.0727. The van der Waals surface area contributed by atoms with E-state index in [9.17, 15) is 14.3 Å². The Kier molecular flexibility index (Phi) is 18.8. The van der Waals surface area contributed by atoms with Gasteiger partial charge in [0.2, 0.25) is 0 Å². The number of nitrogens with two attached hydrogens (primary N) is 1. The van der Waals surface area contributed by atoms with E-state index in [1.807, 2.05) is 43.3 Å². The van der Waals surface area contributed by atoms with E-state index in [1.165, 1.54) is 70.5 Å². The first-order valence-electron chi connectivity index (χ1n) is 22.4. The highest BCUT2D eigenvalue weighted by molar-refractivity contribution is 7.52. The number of fused-ring (bicyclic) bond motifs is 1. The van der Waals surface area contributed by atoms with Gasteiger partial charge in [-0.15, -0.1) is 0 Å². The summed E-state index contributed by atoms with van der Waals surface area (Å²) in [7, 11) is -4.33. The maximum atomic E-state index is 15.0. The minimum atomic E-state index is -4.33. The fourth-order valence-corrected chi connectivity index (χ4v) is 9.80. The van der Waals surface area contributed by atoms with Crippen LogP contribution in [0.15, 0.2) is 67.0 Å². The van der Waals surface area contributed by atoms with Gasteiger partial charge in [-0.3, -0.25) is 9.32 Å². The number of unbranched alkanes of at least 4 members (excludes halogenated alkanes) is 12. The number of ether oxygens (including phenoxy) is 1. The van der Waals surface area contributed by atoms with Crippen LogP contribution in [0.5, 0.6) is 5.75 Å². The Labute approximate surface area is 356 Å². The highest BCUT2D eigenvalue weighted by Gasteiger charge is 2.47. The van der Waals surface area contributed by atoms with Gasteiger partial charge in [-0.05, 0) is 62.6 Å². The van der Waals surface area contributed by atoms with E-state index in [-0.39, 0.29) is 54.3 Å². The van der Waals surface area contributed by atoms with Gasteiger partial charge in [-0.1, -0.05) is 146 Å². The summed E-state index contributed by atoms with van der Waals surface area (Å²) in [6.45, 7) is 6.09. The molecule has 14 heteroatoms. The molecule has 2 heterocycles. The molecular weight excluding hydrogens is 783 g/mol. The number of para-hydroxylation sites is 1. The third-order valence-corrected chi connectivity index (χ3v) is 13.3. The molecule has 0 aliphatic heterocycles. The van der Waals surface area contributed by atoms with E-state index in [0.717, 1.165) is 44.1 Å². The van der Waals surface area contributed by atoms with Crippen LogP contribution in [-0.4, -0.2) is 55.5 Å². The SMILES string of the molecule is CCCCCCCCCC(CCCCCCCCC)OC(=O)[C@H](Cc1ccccc1)NP(=O)(OC[C@@]1(C)C[C@@H](n2cnc3c(N)nc(F)nc32)C[C@@H]1O)Oc1ccccc1. The van der Waals surface area contributed by atoms with Gasteiger partial charge >= 0.3 is 19.8 Å². The van der Waals surface area contributed by atoms with Gasteiger partial charge in [0.25, 0.3) is 0 Å². The molecule has 0 amide bonds. The number of halogens is 1. The largest absolute Gasteiger partial charge is 0.461 e. The molecule has 2 aromatic carbocycles. The summed E-state index contributed by atoms with van der Waals surface area (Å²) < 4.78 is 49.7. The van der Waals surface area contributed by atoms with E-state index < -0.39 is 37.4 Å². The molecule has 60 heavy (non-hydrogen) atoms. The van der Waals surface area contributed by atoms with Crippen molar-refractivity contribution in [2.24, 2.45) is 5.41 Å². The Morgan fingerprint density at radius 1 is 0.917 bits per heavy atom. The Balaban J connectivity index is 1.33. The van der Waals surface area contributed by atoms with Crippen molar-refractivity contribution >= 4 is 30.7 Å². The summed E-state index contributed by atoms with van der Waals surface area (Å²) in [6, 6.07) is 16.8. The van der Waals surface area contributed by atoms with Gasteiger partial charge in [0.1, 0.15) is 23.4 Å². The highest BCUT2D eigenvalue weighted by Crippen LogP contribution is 2.51. The number of nitrogen functional groups attached to an aromatic ring is 1. The first-order chi connectivity index (χ1) is 29.0. The molecule has 1 saturated carbocycles. The van der Waals surface area contributed by atoms with Gasteiger partial charge < -0.3 is 24.7 Å². The average Bonchev–Trinajstić information content (AvgIpc) is 3.79. The number of hydrogen-bond acceptors (Lipinski definition) is 10. The lowest BCUT2D eigenvalue weighted by molar-refractivity contribution is -0.152. The van der Waals surface area contributed by atoms with Gasteiger partial charge in [0.15, 0.2) is 11.5 Å². The zero-order valence-electron chi connectivity index (χ0n) is 36.0. The molecule has 0 radical (unpaired) electrons. The van der Waals surface area contributed by atoms with E-state index in [4.69, 9.17) is 19.5 Å². The highest BCUT2D eigenvalue weighted by atomic mass is 31.2. The van der Waals surface area contributed by atoms with Crippen LogP contribution in [-0.2, 0) is 25.0 Å². The van der Waals surface area contributed by atoms with Crippen LogP contribution in [0.25, 0.3) is 11.2 Å². The molecule has 1 aliphatic rings. The number of benzene rings is 2. The van der Waals surface area contributed by atoms with Crippen molar-refractivity contribution in [3.05, 3.63) is 78.6 Å². The number of rotatable bonds is 28. The molecule has 4 aromatic rings. The van der Waals surface area contributed by atoms with Crippen molar-refractivity contribution in [2.75, 3.05) is 12.3 Å². The molecule has 0 saturated heterocycles. The average molecular weight is 851 g/mol. The normalized spacial score (nSPS) is 19.4. The van der Waals surface area contributed by atoms with Gasteiger partial charge in [-0.25, -0.2) is 9.55 Å². The molecule has 0 bridgehead atoms. The number of carbonyl (C=O) groups excluding carboxylic acids is 1. The topological polar surface area (TPSA) is 164 Å². The van der Waals surface area contributed by atoms with Crippen LogP contribution in [0.3, 0.4) is 0 Å². The molecule has 0 spiro atoms. The molecule has 2 aromatic heterocycles. The summed E-state index contributed by atoms with van der Waals surface area (Å²) in [4.78, 5) is 26.2. The third kappa shape index (κ3) is 14.4. The quantitative estimate of drug-likeness (QED) is 0.0216. The second kappa shape index (κ2) is 23.9. The number of imidazole rings is 1. The number of esters is 1. The van der Waals surface area contributed by atoms with Crippen molar-refractivity contribution in [3.63, 3.8) is 0 Å². The minimum Gasteiger partial charge on any atom is -0.461 e. The molecule has 330 valence electrons. The first kappa shape index (κ1) is 47.2. The molecule has 1 unspecified atom stereocenters. The molecule has 5 atom stereocenters. The van der Waals surface area contributed by atoms with E-state index in [1.54, 1.807) is 28.8 Å². The lowest BCUT2D eigenvalue weighted by Crippen LogP contribution is -2.42. The fourth-order valence-electron chi connectivity index (χ4n) is 8.18. The number of aliphatic hydroxyl groups excluding tert-OH is 1. The Morgan fingerprint density at radius 3 is 2.12 bits per heavy atom. The Bertz CT molecular complexity index is 1900. The molecule has 1 fully saturated rings. The summed E-state index contributed by atoms with van der Waals surface area (Å²) in [5.41, 5.74) is 6.33. The first-order valence-corrected chi connectivity index (χ1v) is 23.9. The lowest BCUT2D eigenvalue weighted by atomic mass is 9.87. The predicted molar refractivity (Wildman–Crippen MR) is 235 cm³/mol. The molecule has 4 N–H and O–H groups in total. The summed E-state index contributed by atoms with van der Waals surface area (Å²) >= 11 is 0. The smallest absolute Gasteiger partial charge is 0.459 e. The van der Waals surface area contributed by atoms with Gasteiger partial charge in [0.05, 0.1) is 19.0 Å². The molecular formula is C46H68FN6O6P. The van der Waals surface area contributed by atoms with Crippen molar-refractivity contribution in [1.29, 1.82) is 0 Å². The lowest BCUT2D eigenvalue weighted by Gasteiger charge is -2.31. The number of carbonyl (C=O) groups is 1. The number of aliphatic hydroxyl groups is 1. The summed E-state index contributed by atoms with van der Waals surface area (Å²) in [5, 5.41) is 14.5. The second-order valence-corrected chi connectivity index (χ2v) is 18.6. The fraction of sp³-hybridized carbons (Fsp3) is 0.609. The van der Waals surface area contributed by atoms with E-state index in [0.29, 0.717) is 6.42 Å². The standard InChI is InChI=1S/C46H68FN6O6P/c1-4-6-8-10-12-14-20-26-37(27-21-15-13-11-9-7-5-2)58-44(55)39(30-35-24-18-16-19-25-35)52-60(56,59-38-28-22-17-23-29-38)57-33-46(3)32-36(31-40(46)54)53-34-49-41-42(48)50-45(47)51-43(41)53/h16-19,22-25,28-29,34,36-37,39-40,54H,4-15,20-21,26-27,30-33H2,1-3H3,(H,52,56)(H2,48,50,51)/t36-,39-,40-,46+,60?/m0/s1. The maximum absolute atomic E-state index is 15.0.